The molecule has 2 heterocycles. The summed E-state index contributed by atoms with van der Waals surface area (Å²) >= 11 is 1.36. The van der Waals surface area contributed by atoms with Gasteiger partial charge in [0.15, 0.2) is 0 Å². The van der Waals surface area contributed by atoms with Crippen LogP contribution >= 0.6 is 11.9 Å². The Hall–Kier alpha value is -1.27. The molecule has 0 saturated carbocycles. The maximum Gasteiger partial charge on any atom is 0.210 e. The second kappa shape index (κ2) is 4.19. The Kier molecular flexibility index (Phi) is 2.68. The third kappa shape index (κ3) is 1.87. The Balaban J connectivity index is 1.87. The van der Waals surface area contributed by atoms with Crippen molar-refractivity contribution in [3.8, 4) is 0 Å². The summed E-state index contributed by atoms with van der Waals surface area (Å²) in [5.74, 6) is 0.494. The number of guanidine groups is 1. The van der Waals surface area contributed by atoms with Crippen LogP contribution in [-0.4, -0.2) is 35.2 Å². The molecule has 1 unspecified atom stereocenters. The van der Waals surface area contributed by atoms with Crippen LogP contribution in [0.2, 0.25) is 0 Å². The van der Waals surface area contributed by atoms with Gasteiger partial charge in [-0.15, -0.1) is 0 Å². The minimum Gasteiger partial charge on any atom is -0.394 e. The Bertz CT molecular complexity index is 478. The van der Waals surface area contributed by atoms with Gasteiger partial charge in [0.1, 0.15) is 5.82 Å². The maximum absolute atomic E-state index is 13.0. The van der Waals surface area contributed by atoms with Crippen LogP contribution in [0.3, 0.4) is 0 Å². The summed E-state index contributed by atoms with van der Waals surface area (Å²) in [5, 5.41) is 9.14. The van der Waals surface area contributed by atoms with Gasteiger partial charge in [0.25, 0.3) is 0 Å². The fourth-order valence-corrected chi connectivity index (χ4v) is 2.69. The second-order valence-electron chi connectivity index (χ2n) is 4.07. The number of likely N-dealkylation sites (tertiary alicyclic amines) is 1. The molecule has 0 radical (unpaired) electrons. The third-order valence-electron chi connectivity index (χ3n) is 3.03. The molecule has 6 heteroatoms. The van der Waals surface area contributed by atoms with Crippen molar-refractivity contribution in [2.45, 2.75) is 17.4 Å². The molecule has 1 aromatic carbocycles. The number of rotatable bonds is 1. The topological polar surface area (TPSA) is 47.9 Å². The quantitative estimate of drug-likeness (QED) is 0.744. The van der Waals surface area contributed by atoms with Crippen molar-refractivity contribution in [1.82, 2.24) is 9.62 Å². The number of benzene rings is 1. The monoisotopic (exact) mass is 253 g/mol. The fourth-order valence-electron chi connectivity index (χ4n) is 1.93. The molecule has 4 nitrogen and oxygen atoms in total. The lowest BCUT2D eigenvalue weighted by Gasteiger charge is -2.42. The number of aliphatic hydroxyl groups excluding tert-OH is 1. The number of aliphatic hydroxyl groups is 1. The summed E-state index contributed by atoms with van der Waals surface area (Å²) in [6, 6.07) is 4.70. The molecular weight excluding hydrogens is 241 g/mol. The number of fused-ring (bicyclic) bond motifs is 1. The lowest BCUT2D eigenvalue weighted by molar-refractivity contribution is 0.103. The average Bonchev–Trinajstić information content (AvgIpc) is 2.28. The van der Waals surface area contributed by atoms with Crippen molar-refractivity contribution in [2.75, 3.05) is 13.2 Å². The Morgan fingerprint density at radius 1 is 1.59 bits per heavy atom. The van der Waals surface area contributed by atoms with Gasteiger partial charge in [0.05, 0.1) is 23.2 Å². The molecule has 1 saturated heterocycles. The van der Waals surface area contributed by atoms with Crippen LogP contribution in [0.15, 0.2) is 28.1 Å². The highest BCUT2D eigenvalue weighted by atomic mass is 32.2. The standard InChI is InChI=1S/C11H12FN3OS/c12-7-1-2-9-10(5-7)17-14-11(13-9)15-4-3-8(15)6-16/h1-2,5,8,16H,3-4,6H2,(H,13,14). The first-order valence-electron chi connectivity index (χ1n) is 5.46. The zero-order valence-corrected chi connectivity index (χ0v) is 9.88. The van der Waals surface area contributed by atoms with E-state index in [4.69, 9.17) is 5.11 Å². The SMILES string of the molecule is OCC1CCN1C1=Nc2ccc(F)cc2SN1. The summed E-state index contributed by atoms with van der Waals surface area (Å²) in [7, 11) is 0. The van der Waals surface area contributed by atoms with Gasteiger partial charge in [-0.3, -0.25) is 4.72 Å². The van der Waals surface area contributed by atoms with Crippen LogP contribution in [-0.2, 0) is 0 Å². The maximum atomic E-state index is 13.0. The first-order chi connectivity index (χ1) is 8.28. The van der Waals surface area contributed by atoms with E-state index in [0.717, 1.165) is 29.5 Å². The zero-order chi connectivity index (χ0) is 11.8. The summed E-state index contributed by atoms with van der Waals surface area (Å²) in [5.41, 5.74) is 0.772. The average molecular weight is 253 g/mol. The molecule has 1 fully saturated rings. The molecule has 90 valence electrons. The van der Waals surface area contributed by atoms with E-state index in [9.17, 15) is 4.39 Å². The van der Waals surface area contributed by atoms with E-state index in [1.165, 1.54) is 24.1 Å². The van der Waals surface area contributed by atoms with Gasteiger partial charge in [-0.05, 0) is 36.6 Å². The normalized spacial score (nSPS) is 22.4. The van der Waals surface area contributed by atoms with Gasteiger partial charge in [0, 0.05) is 6.54 Å². The van der Waals surface area contributed by atoms with Crippen LogP contribution < -0.4 is 4.72 Å². The van der Waals surface area contributed by atoms with Gasteiger partial charge in [-0.2, -0.15) is 0 Å². The molecule has 3 rings (SSSR count). The van der Waals surface area contributed by atoms with E-state index < -0.39 is 0 Å². The lowest BCUT2D eigenvalue weighted by atomic mass is 10.1. The fraction of sp³-hybridized carbons (Fsp3) is 0.364. The smallest absolute Gasteiger partial charge is 0.210 e. The molecule has 2 aliphatic heterocycles. The second-order valence-corrected chi connectivity index (χ2v) is 4.92. The van der Waals surface area contributed by atoms with Crippen molar-refractivity contribution in [2.24, 2.45) is 4.99 Å². The number of halogens is 1. The Labute approximate surface area is 103 Å². The van der Waals surface area contributed by atoms with E-state index in [1.54, 1.807) is 6.07 Å². The minimum absolute atomic E-state index is 0.141. The Morgan fingerprint density at radius 3 is 3.18 bits per heavy atom. The highest BCUT2D eigenvalue weighted by molar-refractivity contribution is 7.98. The number of aliphatic imine (C=N–C) groups is 1. The zero-order valence-electron chi connectivity index (χ0n) is 9.06. The molecule has 2 aliphatic rings. The highest BCUT2D eigenvalue weighted by Gasteiger charge is 2.31. The van der Waals surface area contributed by atoms with E-state index in [1.807, 2.05) is 4.90 Å². The van der Waals surface area contributed by atoms with Gasteiger partial charge >= 0.3 is 0 Å². The number of hydrogen-bond donors (Lipinski definition) is 2. The van der Waals surface area contributed by atoms with Gasteiger partial charge in [0.2, 0.25) is 5.96 Å². The van der Waals surface area contributed by atoms with E-state index in [-0.39, 0.29) is 18.5 Å². The molecule has 1 atom stereocenters. The van der Waals surface area contributed by atoms with Crippen LogP contribution in [0.1, 0.15) is 6.42 Å². The molecule has 0 amide bonds. The molecule has 0 aliphatic carbocycles. The number of hydrogen-bond acceptors (Lipinski definition) is 5. The van der Waals surface area contributed by atoms with Crippen LogP contribution in [0.5, 0.6) is 0 Å². The molecule has 0 aromatic heterocycles. The summed E-state index contributed by atoms with van der Waals surface area (Å²) in [6.45, 7) is 1.04. The largest absolute Gasteiger partial charge is 0.394 e. The van der Waals surface area contributed by atoms with Crippen molar-refractivity contribution >= 4 is 23.6 Å². The van der Waals surface area contributed by atoms with Gasteiger partial charge in [-0.25, -0.2) is 9.38 Å². The molecule has 1 aromatic rings. The highest BCUT2D eigenvalue weighted by Crippen LogP contribution is 2.33. The number of nitrogens with one attached hydrogen (secondary N) is 1. The predicted molar refractivity (Wildman–Crippen MR) is 64.7 cm³/mol. The predicted octanol–water partition coefficient (Wildman–Crippen LogP) is 1.49. The number of nitrogens with zero attached hydrogens (tertiary/aromatic N) is 2. The minimum atomic E-state index is -0.256. The van der Waals surface area contributed by atoms with E-state index in [2.05, 4.69) is 9.71 Å². The molecule has 2 N–H and O–H groups in total. The van der Waals surface area contributed by atoms with Crippen molar-refractivity contribution in [3.63, 3.8) is 0 Å². The molecule has 0 bridgehead atoms. The summed E-state index contributed by atoms with van der Waals surface area (Å²) in [4.78, 5) is 7.25. The third-order valence-corrected chi connectivity index (χ3v) is 3.86. The summed E-state index contributed by atoms with van der Waals surface area (Å²) < 4.78 is 16.1. The first-order valence-corrected chi connectivity index (χ1v) is 6.28. The lowest BCUT2D eigenvalue weighted by Crippen LogP contribution is -2.56. The van der Waals surface area contributed by atoms with Crippen LogP contribution in [0, 0.1) is 5.82 Å². The summed E-state index contributed by atoms with van der Waals surface area (Å²) in [6.07, 6.45) is 0.984. The molecule has 17 heavy (non-hydrogen) atoms. The molecule has 0 spiro atoms. The Morgan fingerprint density at radius 2 is 2.47 bits per heavy atom. The van der Waals surface area contributed by atoms with Crippen LogP contribution in [0.4, 0.5) is 10.1 Å². The first kappa shape index (κ1) is 10.9. The van der Waals surface area contributed by atoms with Gasteiger partial charge < -0.3 is 10.0 Å². The molecular formula is C11H12FN3OS. The van der Waals surface area contributed by atoms with Crippen molar-refractivity contribution in [1.29, 1.82) is 0 Å². The van der Waals surface area contributed by atoms with Crippen molar-refractivity contribution < 1.29 is 9.50 Å². The van der Waals surface area contributed by atoms with E-state index >= 15 is 0 Å². The van der Waals surface area contributed by atoms with Gasteiger partial charge in [-0.1, -0.05) is 0 Å². The van der Waals surface area contributed by atoms with E-state index in [0.29, 0.717) is 0 Å². The van der Waals surface area contributed by atoms with Crippen molar-refractivity contribution in [3.05, 3.63) is 24.0 Å². The van der Waals surface area contributed by atoms with Crippen LogP contribution in [0.25, 0.3) is 0 Å².